The summed E-state index contributed by atoms with van der Waals surface area (Å²) in [5.41, 5.74) is 0.673. The Morgan fingerprint density at radius 2 is 2.21 bits per heavy atom. The maximum atomic E-state index is 11.7. The zero-order chi connectivity index (χ0) is 17.1. The summed E-state index contributed by atoms with van der Waals surface area (Å²) in [5.74, 6) is 0.0732. The number of ether oxygens (including phenoxy) is 1. The van der Waals surface area contributed by atoms with Crippen LogP contribution in [0.2, 0.25) is 0 Å². The maximum absolute atomic E-state index is 11.7. The van der Waals surface area contributed by atoms with Crippen LogP contribution >= 0.6 is 0 Å². The molecule has 1 fully saturated rings. The van der Waals surface area contributed by atoms with E-state index in [0.29, 0.717) is 23.3 Å². The van der Waals surface area contributed by atoms with Crippen molar-refractivity contribution in [3.63, 3.8) is 0 Å². The minimum absolute atomic E-state index is 0.00169. The molecule has 1 saturated heterocycles. The lowest BCUT2D eigenvalue weighted by Crippen LogP contribution is -2.40. The average molecular weight is 330 g/mol. The van der Waals surface area contributed by atoms with Crippen molar-refractivity contribution in [2.45, 2.75) is 38.6 Å². The summed E-state index contributed by atoms with van der Waals surface area (Å²) in [5, 5.41) is 18.3. The minimum atomic E-state index is -1.06. The first-order valence-electron chi connectivity index (χ1n) is 8.25. The fraction of sp³-hybridized carbons (Fsp3) is 0.471. The number of hydrogen-bond acceptors (Lipinski definition) is 5. The van der Waals surface area contributed by atoms with E-state index in [1.165, 1.54) is 11.2 Å². The van der Waals surface area contributed by atoms with Crippen LogP contribution in [0.3, 0.4) is 0 Å². The standard InChI is InChI=1S/C17H22N4O3/c1-3-12-7-4-5-10-20(12)16-15(17(22)23)18-21(19-16)13-8-6-9-14(11-13)24-2/h6,8-9,11-12H,3-5,7,10H2,1-2H3,(H,22,23)/t12-/m1/s1. The number of rotatable bonds is 5. The molecule has 0 unspecified atom stereocenters. The third-order valence-corrected chi connectivity index (χ3v) is 4.45. The summed E-state index contributed by atoms with van der Waals surface area (Å²) in [4.78, 5) is 15.1. The van der Waals surface area contributed by atoms with Gasteiger partial charge in [-0.25, -0.2) is 4.79 Å². The molecule has 3 rings (SSSR count). The molecular weight excluding hydrogens is 308 g/mol. The van der Waals surface area contributed by atoms with Crippen molar-refractivity contribution in [2.75, 3.05) is 18.6 Å². The highest BCUT2D eigenvalue weighted by molar-refractivity contribution is 5.91. The topological polar surface area (TPSA) is 80.5 Å². The van der Waals surface area contributed by atoms with Crippen molar-refractivity contribution < 1.29 is 14.6 Å². The van der Waals surface area contributed by atoms with Gasteiger partial charge in [-0.3, -0.25) is 0 Å². The van der Waals surface area contributed by atoms with Crippen LogP contribution in [0.5, 0.6) is 5.75 Å². The molecule has 1 atom stereocenters. The summed E-state index contributed by atoms with van der Waals surface area (Å²) < 4.78 is 5.22. The van der Waals surface area contributed by atoms with Crippen LogP contribution in [0, 0.1) is 0 Å². The highest BCUT2D eigenvalue weighted by Crippen LogP contribution is 2.28. The zero-order valence-electron chi connectivity index (χ0n) is 14.0. The van der Waals surface area contributed by atoms with E-state index in [9.17, 15) is 9.90 Å². The monoisotopic (exact) mass is 330 g/mol. The number of piperidine rings is 1. The van der Waals surface area contributed by atoms with E-state index in [-0.39, 0.29) is 5.69 Å². The first-order chi connectivity index (χ1) is 11.6. The molecule has 1 aromatic carbocycles. The van der Waals surface area contributed by atoms with Gasteiger partial charge in [0.15, 0.2) is 5.82 Å². The van der Waals surface area contributed by atoms with Crippen molar-refractivity contribution in [1.82, 2.24) is 15.0 Å². The molecule has 2 heterocycles. The van der Waals surface area contributed by atoms with Gasteiger partial charge in [-0.15, -0.1) is 15.0 Å². The SMILES string of the molecule is CC[C@@H]1CCCCN1c1nn(-c2cccc(OC)c2)nc1C(=O)O. The first kappa shape index (κ1) is 16.3. The van der Waals surface area contributed by atoms with Gasteiger partial charge in [0.05, 0.1) is 12.8 Å². The third-order valence-electron chi connectivity index (χ3n) is 4.45. The van der Waals surface area contributed by atoms with Gasteiger partial charge in [0.25, 0.3) is 0 Å². The van der Waals surface area contributed by atoms with Crippen molar-refractivity contribution >= 4 is 11.8 Å². The van der Waals surface area contributed by atoms with Gasteiger partial charge in [0.2, 0.25) is 5.69 Å². The largest absolute Gasteiger partial charge is 0.497 e. The van der Waals surface area contributed by atoms with Crippen LogP contribution in [-0.2, 0) is 0 Å². The smallest absolute Gasteiger partial charge is 0.360 e. The quantitative estimate of drug-likeness (QED) is 0.908. The number of carboxylic acid groups (broad SMARTS) is 1. The molecule has 0 radical (unpaired) electrons. The highest BCUT2D eigenvalue weighted by atomic mass is 16.5. The van der Waals surface area contributed by atoms with Crippen molar-refractivity contribution in [3.8, 4) is 11.4 Å². The normalized spacial score (nSPS) is 17.8. The fourth-order valence-electron chi connectivity index (χ4n) is 3.18. The molecule has 7 nitrogen and oxygen atoms in total. The Labute approximate surface area is 140 Å². The predicted molar refractivity (Wildman–Crippen MR) is 90.1 cm³/mol. The van der Waals surface area contributed by atoms with E-state index in [1.54, 1.807) is 13.2 Å². The van der Waals surface area contributed by atoms with Crippen LogP contribution < -0.4 is 9.64 Å². The van der Waals surface area contributed by atoms with Gasteiger partial charge in [0, 0.05) is 18.7 Å². The number of anilines is 1. The lowest BCUT2D eigenvalue weighted by atomic mass is 10.00. The van der Waals surface area contributed by atoms with Crippen molar-refractivity contribution in [1.29, 1.82) is 0 Å². The van der Waals surface area contributed by atoms with Gasteiger partial charge >= 0.3 is 5.97 Å². The Balaban J connectivity index is 2.03. The minimum Gasteiger partial charge on any atom is -0.497 e. The van der Waals surface area contributed by atoms with Gasteiger partial charge < -0.3 is 14.7 Å². The Morgan fingerprint density at radius 1 is 1.38 bits per heavy atom. The Bertz CT molecular complexity index is 728. The molecule has 0 amide bonds. The van der Waals surface area contributed by atoms with Gasteiger partial charge in [-0.1, -0.05) is 13.0 Å². The fourth-order valence-corrected chi connectivity index (χ4v) is 3.18. The number of benzene rings is 1. The predicted octanol–water partition coefficient (Wildman–Crippen LogP) is 2.74. The second-order valence-corrected chi connectivity index (χ2v) is 5.92. The highest BCUT2D eigenvalue weighted by Gasteiger charge is 2.29. The molecule has 1 N–H and O–H groups in total. The van der Waals surface area contributed by atoms with Crippen molar-refractivity contribution in [2.24, 2.45) is 0 Å². The molecule has 0 spiro atoms. The second-order valence-electron chi connectivity index (χ2n) is 5.92. The molecule has 128 valence electrons. The van der Waals surface area contributed by atoms with Crippen LogP contribution in [0.25, 0.3) is 5.69 Å². The molecule has 1 aliphatic heterocycles. The molecule has 1 aromatic heterocycles. The van der Waals surface area contributed by atoms with Crippen LogP contribution in [0.4, 0.5) is 5.82 Å². The molecule has 0 aliphatic carbocycles. The molecule has 2 aromatic rings. The van der Waals surface area contributed by atoms with Crippen LogP contribution in [0.1, 0.15) is 43.1 Å². The van der Waals surface area contributed by atoms with E-state index in [4.69, 9.17) is 4.74 Å². The van der Waals surface area contributed by atoms with E-state index in [2.05, 4.69) is 22.0 Å². The summed E-state index contributed by atoms with van der Waals surface area (Å²) in [7, 11) is 1.59. The number of carboxylic acids is 1. The summed E-state index contributed by atoms with van der Waals surface area (Å²) in [6, 6.07) is 7.57. The first-order valence-corrected chi connectivity index (χ1v) is 8.25. The van der Waals surface area contributed by atoms with Crippen LogP contribution in [0.15, 0.2) is 24.3 Å². The molecule has 0 saturated carbocycles. The number of methoxy groups -OCH3 is 1. The Hall–Kier alpha value is -2.57. The molecule has 7 heteroatoms. The zero-order valence-corrected chi connectivity index (χ0v) is 14.0. The number of carbonyl (C=O) groups is 1. The summed E-state index contributed by atoms with van der Waals surface area (Å²) >= 11 is 0. The van der Waals surface area contributed by atoms with E-state index in [0.717, 1.165) is 25.8 Å². The number of aromatic nitrogens is 3. The van der Waals surface area contributed by atoms with Crippen LogP contribution in [-0.4, -0.2) is 45.8 Å². The third kappa shape index (κ3) is 3.06. The van der Waals surface area contributed by atoms with Gasteiger partial charge in [0.1, 0.15) is 5.75 Å². The van der Waals surface area contributed by atoms with Crippen molar-refractivity contribution in [3.05, 3.63) is 30.0 Å². The molecule has 0 bridgehead atoms. The average Bonchev–Trinajstić information content (AvgIpc) is 3.07. The van der Waals surface area contributed by atoms with E-state index < -0.39 is 5.97 Å². The molecular formula is C17H22N4O3. The van der Waals surface area contributed by atoms with Gasteiger partial charge in [-0.2, -0.15) is 0 Å². The summed E-state index contributed by atoms with van der Waals surface area (Å²) in [6.07, 6.45) is 4.23. The lowest BCUT2D eigenvalue weighted by Gasteiger charge is -2.35. The number of nitrogens with zero attached hydrogens (tertiary/aromatic N) is 4. The van der Waals surface area contributed by atoms with Gasteiger partial charge in [-0.05, 0) is 37.8 Å². The van der Waals surface area contributed by atoms with E-state index >= 15 is 0 Å². The Kier molecular flexibility index (Phi) is 4.69. The maximum Gasteiger partial charge on any atom is 0.360 e. The number of aromatic carboxylic acids is 1. The summed E-state index contributed by atoms with van der Waals surface area (Å²) in [6.45, 7) is 2.94. The molecule has 24 heavy (non-hydrogen) atoms. The number of hydrogen-bond donors (Lipinski definition) is 1. The second kappa shape index (κ2) is 6.90. The molecule has 1 aliphatic rings. The lowest BCUT2D eigenvalue weighted by molar-refractivity contribution is 0.0690. The Morgan fingerprint density at radius 3 is 2.92 bits per heavy atom. The van der Waals surface area contributed by atoms with E-state index in [1.807, 2.05) is 18.2 Å².